The molecular formula is C20H28N4O4. The molecule has 3 rings (SSSR count). The molecule has 2 aromatic heterocycles. The van der Waals surface area contributed by atoms with Gasteiger partial charge in [-0.15, -0.1) is 0 Å². The SMILES string of the molecule is Cc1cc(C)n(CCC(=O)N2CCN(Cc3ccco3)[C@H](CCO)C2)c(=O)n1. The number of aliphatic hydroxyl groups is 1. The maximum atomic E-state index is 12.7. The summed E-state index contributed by atoms with van der Waals surface area (Å²) >= 11 is 0. The molecule has 0 aromatic carbocycles. The Morgan fingerprint density at radius 1 is 1.36 bits per heavy atom. The Kier molecular flexibility index (Phi) is 6.64. The van der Waals surface area contributed by atoms with Gasteiger partial charge in [-0.3, -0.25) is 14.3 Å². The van der Waals surface area contributed by atoms with Gasteiger partial charge in [-0.1, -0.05) is 0 Å². The fourth-order valence-electron chi connectivity index (χ4n) is 3.77. The van der Waals surface area contributed by atoms with E-state index in [2.05, 4.69) is 9.88 Å². The third-order valence-electron chi connectivity index (χ3n) is 5.25. The van der Waals surface area contributed by atoms with Crippen molar-refractivity contribution in [2.75, 3.05) is 26.2 Å². The van der Waals surface area contributed by atoms with Crippen LogP contribution in [0.5, 0.6) is 0 Å². The molecule has 0 unspecified atom stereocenters. The number of rotatable bonds is 7. The molecule has 152 valence electrons. The lowest BCUT2D eigenvalue weighted by Gasteiger charge is -2.41. The molecule has 1 saturated heterocycles. The van der Waals surface area contributed by atoms with Gasteiger partial charge >= 0.3 is 5.69 Å². The third kappa shape index (κ3) is 4.88. The molecule has 2 aromatic rings. The van der Waals surface area contributed by atoms with Crippen LogP contribution in [-0.4, -0.2) is 62.6 Å². The number of hydrogen-bond acceptors (Lipinski definition) is 6. The number of hydrogen-bond donors (Lipinski definition) is 1. The van der Waals surface area contributed by atoms with E-state index in [4.69, 9.17) is 4.42 Å². The van der Waals surface area contributed by atoms with E-state index in [1.165, 1.54) is 0 Å². The van der Waals surface area contributed by atoms with Crippen LogP contribution >= 0.6 is 0 Å². The van der Waals surface area contributed by atoms with Crippen LogP contribution in [0, 0.1) is 13.8 Å². The summed E-state index contributed by atoms with van der Waals surface area (Å²) in [4.78, 5) is 32.8. The summed E-state index contributed by atoms with van der Waals surface area (Å²) in [5.41, 5.74) is 1.18. The van der Waals surface area contributed by atoms with Crippen LogP contribution < -0.4 is 5.69 Å². The molecule has 1 aliphatic heterocycles. The summed E-state index contributed by atoms with van der Waals surface area (Å²) < 4.78 is 6.98. The molecule has 0 spiro atoms. The molecule has 8 nitrogen and oxygen atoms in total. The molecule has 28 heavy (non-hydrogen) atoms. The molecular weight excluding hydrogens is 360 g/mol. The van der Waals surface area contributed by atoms with Gasteiger partial charge in [0.25, 0.3) is 0 Å². The smallest absolute Gasteiger partial charge is 0.347 e. The Hall–Kier alpha value is -2.45. The number of furan rings is 1. The molecule has 0 saturated carbocycles. The number of nitrogens with zero attached hydrogens (tertiary/aromatic N) is 4. The number of aromatic nitrogens is 2. The van der Waals surface area contributed by atoms with Crippen molar-refractivity contribution in [1.29, 1.82) is 0 Å². The molecule has 0 aliphatic carbocycles. The first-order valence-corrected chi connectivity index (χ1v) is 9.68. The van der Waals surface area contributed by atoms with E-state index >= 15 is 0 Å². The van der Waals surface area contributed by atoms with Crippen molar-refractivity contribution in [2.24, 2.45) is 0 Å². The second kappa shape index (κ2) is 9.16. The number of amides is 1. The highest BCUT2D eigenvalue weighted by Crippen LogP contribution is 2.17. The van der Waals surface area contributed by atoms with Crippen molar-refractivity contribution in [3.05, 3.63) is 52.1 Å². The van der Waals surface area contributed by atoms with E-state index in [1.54, 1.807) is 17.8 Å². The molecule has 8 heteroatoms. The molecule has 3 heterocycles. The average Bonchev–Trinajstić information content (AvgIpc) is 3.15. The minimum absolute atomic E-state index is 0.0208. The lowest BCUT2D eigenvalue weighted by atomic mass is 10.1. The summed E-state index contributed by atoms with van der Waals surface area (Å²) in [5, 5.41) is 9.42. The van der Waals surface area contributed by atoms with Crippen molar-refractivity contribution in [3.63, 3.8) is 0 Å². The van der Waals surface area contributed by atoms with Crippen LogP contribution in [0.2, 0.25) is 0 Å². The lowest BCUT2D eigenvalue weighted by molar-refractivity contribution is -0.134. The molecule has 1 amide bonds. The summed E-state index contributed by atoms with van der Waals surface area (Å²) in [6, 6.07) is 5.72. The predicted molar refractivity (Wildman–Crippen MR) is 104 cm³/mol. The minimum Gasteiger partial charge on any atom is -0.468 e. The highest BCUT2D eigenvalue weighted by molar-refractivity contribution is 5.76. The minimum atomic E-state index is -0.313. The summed E-state index contributed by atoms with van der Waals surface area (Å²) in [5.74, 6) is 0.900. The van der Waals surface area contributed by atoms with E-state index < -0.39 is 0 Å². The molecule has 1 fully saturated rings. The predicted octanol–water partition coefficient (Wildman–Crippen LogP) is 0.939. The standard InChI is InChI=1S/C20H28N4O4/c1-15-12-16(2)24(20(27)21-15)7-5-19(26)23-9-8-22(17(13-23)6-10-25)14-18-4-3-11-28-18/h3-4,11-12,17,25H,5-10,13-14H2,1-2H3/t17-/m1/s1. The lowest BCUT2D eigenvalue weighted by Crippen LogP contribution is -2.54. The molecule has 0 bridgehead atoms. The van der Waals surface area contributed by atoms with E-state index in [1.807, 2.05) is 30.0 Å². The van der Waals surface area contributed by atoms with Gasteiger partial charge in [-0.2, -0.15) is 4.98 Å². The zero-order chi connectivity index (χ0) is 20.1. The molecule has 1 N–H and O–H groups in total. The first-order valence-electron chi connectivity index (χ1n) is 9.68. The topological polar surface area (TPSA) is 91.8 Å². The van der Waals surface area contributed by atoms with Gasteiger partial charge in [0, 0.05) is 56.6 Å². The third-order valence-corrected chi connectivity index (χ3v) is 5.25. The summed E-state index contributed by atoms with van der Waals surface area (Å²) in [6.45, 7) is 6.63. The number of aliphatic hydroxyl groups excluding tert-OH is 1. The summed E-state index contributed by atoms with van der Waals surface area (Å²) in [7, 11) is 0. The van der Waals surface area contributed by atoms with E-state index in [9.17, 15) is 14.7 Å². The van der Waals surface area contributed by atoms with Crippen LogP contribution in [-0.2, 0) is 17.9 Å². The molecule has 1 atom stereocenters. The van der Waals surface area contributed by atoms with Gasteiger partial charge in [-0.25, -0.2) is 4.79 Å². The Morgan fingerprint density at radius 2 is 2.18 bits per heavy atom. The van der Waals surface area contributed by atoms with Gasteiger partial charge in [0.1, 0.15) is 5.76 Å². The van der Waals surface area contributed by atoms with E-state index in [0.29, 0.717) is 38.3 Å². The van der Waals surface area contributed by atoms with Gasteiger partial charge < -0.3 is 14.4 Å². The average molecular weight is 388 g/mol. The second-order valence-corrected chi connectivity index (χ2v) is 7.28. The number of piperazine rings is 1. The van der Waals surface area contributed by atoms with Crippen molar-refractivity contribution in [2.45, 2.75) is 45.8 Å². The number of carbonyl (C=O) groups is 1. The van der Waals surface area contributed by atoms with E-state index in [-0.39, 0.29) is 30.7 Å². The zero-order valence-corrected chi connectivity index (χ0v) is 16.5. The Morgan fingerprint density at radius 3 is 2.86 bits per heavy atom. The monoisotopic (exact) mass is 388 g/mol. The van der Waals surface area contributed by atoms with Crippen molar-refractivity contribution >= 4 is 5.91 Å². The van der Waals surface area contributed by atoms with Gasteiger partial charge in [0.05, 0.1) is 12.8 Å². The Bertz CT molecular complexity index is 846. The molecule has 1 aliphatic rings. The normalized spacial score (nSPS) is 17.8. The Balaban J connectivity index is 1.59. The van der Waals surface area contributed by atoms with Crippen LogP contribution in [0.3, 0.4) is 0 Å². The number of aryl methyl sites for hydroxylation is 2. The molecule has 0 radical (unpaired) electrons. The second-order valence-electron chi connectivity index (χ2n) is 7.28. The highest BCUT2D eigenvalue weighted by Gasteiger charge is 2.29. The van der Waals surface area contributed by atoms with Crippen LogP contribution in [0.4, 0.5) is 0 Å². The first kappa shape index (κ1) is 20.3. The quantitative estimate of drug-likeness (QED) is 0.759. The van der Waals surface area contributed by atoms with E-state index in [0.717, 1.165) is 18.0 Å². The van der Waals surface area contributed by atoms with Crippen molar-refractivity contribution < 1.29 is 14.3 Å². The Labute approximate surface area is 164 Å². The van der Waals surface area contributed by atoms with Crippen LogP contribution in [0.15, 0.2) is 33.7 Å². The summed E-state index contributed by atoms with van der Waals surface area (Å²) in [6.07, 6.45) is 2.51. The zero-order valence-electron chi connectivity index (χ0n) is 16.5. The van der Waals surface area contributed by atoms with Crippen LogP contribution in [0.1, 0.15) is 30.0 Å². The van der Waals surface area contributed by atoms with Gasteiger partial charge in [0.15, 0.2) is 0 Å². The maximum absolute atomic E-state index is 12.7. The fourth-order valence-corrected chi connectivity index (χ4v) is 3.77. The highest BCUT2D eigenvalue weighted by atomic mass is 16.3. The number of carbonyl (C=O) groups excluding carboxylic acids is 1. The maximum Gasteiger partial charge on any atom is 0.347 e. The largest absolute Gasteiger partial charge is 0.468 e. The van der Waals surface area contributed by atoms with Crippen LogP contribution in [0.25, 0.3) is 0 Å². The van der Waals surface area contributed by atoms with Crippen molar-refractivity contribution in [3.8, 4) is 0 Å². The fraction of sp³-hybridized carbons (Fsp3) is 0.550. The van der Waals surface area contributed by atoms with Crippen molar-refractivity contribution in [1.82, 2.24) is 19.4 Å². The van der Waals surface area contributed by atoms with Gasteiger partial charge in [0.2, 0.25) is 5.91 Å². The first-order chi connectivity index (χ1) is 13.5. The van der Waals surface area contributed by atoms with Gasteiger partial charge in [-0.05, 0) is 38.5 Å².